The number of ether oxygens (including phenoxy) is 2. The van der Waals surface area contributed by atoms with Gasteiger partial charge in [-0.25, -0.2) is 14.8 Å². The van der Waals surface area contributed by atoms with Gasteiger partial charge in [-0.2, -0.15) is 0 Å². The number of benzene rings is 2. The first kappa shape index (κ1) is 28.8. The van der Waals surface area contributed by atoms with Crippen molar-refractivity contribution in [2.75, 3.05) is 42.1 Å². The maximum atomic E-state index is 13.1. The number of rotatable bonds is 10. The Bertz CT molecular complexity index is 1290. The number of aliphatic hydroxyl groups excluding tert-OH is 1. The molecule has 38 heavy (non-hydrogen) atoms. The predicted molar refractivity (Wildman–Crippen MR) is 151 cm³/mol. The van der Waals surface area contributed by atoms with Crippen molar-refractivity contribution in [3.05, 3.63) is 64.9 Å². The van der Waals surface area contributed by atoms with E-state index in [1.165, 1.54) is 44.6 Å². The fraction of sp³-hybridized carbons (Fsp3) is 0.240. The molecule has 1 heterocycles. The summed E-state index contributed by atoms with van der Waals surface area (Å²) in [5, 5.41) is 19.0. The van der Waals surface area contributed by atoms with Crippen molar-refractivity contribution in [1.82, 2.24) is 9.97 Å². The first-order valence-corrected chi connectivity index (χ1v) is 12.1. The third kappa shape index (κ3) is 6.56. The molecular weight excluding hydrogens is 533 g/mol. The fourth-order valence-electron chi connectivity index (χ4n) is 3.32. The summed E-state index contributed by atoms with van der Waals surface area (Å²) in [4.78, 5) is 22.8. The van der Waals surface area contributed by atoms with Crippen LogP contribution in [-0.2, 0) is 0 Å². The van der Waals surface area contributed by atoms with Gasteiger partial charge < -0.3 is 36.3 Å². The summed E-state index contributed by atoms with van der Waals surface area (Å²) in [6.07, 6.45) is 1.68. The standard InChI is InChI=1S/C25H29Cl2N7O4/c1-6-21(35)32-16-9-14(13(2)28)7-8-15(16)31-19-11-20(30-12-29-19)34(3)25(36)33-24-22(26)17(37-4)10-18(38-5)23(24)27/h6-13,21,32,35H,1,28H2,2-5H3,(H,33,36)(H,29,30,31). The molecule has 0 aliphatic heterocycles. The second-order valence-corrected chi connectivity index (χ2v) is 8.83. The van der Waals surface area contributed by atoms with Crippen molar-refractivity contribution in [2.24, 2.45) is 5.73 Å². The second kappa shape index (κ2) is 12.7. The molecule has 0 aliphatic rings. The van der Waals surface area contributed by atoms with Crippen LogP contribution in [0.5, 0.6) is 11.5 Å². The largest absolute Gasteiger partial charge is 0.495 e. The Hall–Kier alpha value is -3.77. The fourth-order valence-corrected chi connectivity index (χ4v) is 3.91. The number of nitrogens with zero attached hydrogens (tertiary/aromatic N) is 3. The average Bonchev–Trinajstić information content (AvgIpc) is 2.91. The van der Waals surface area contributed by atoms with E-state index in [9.17, 15) is 9.90 Å². The van der Waals surface area contributed by atoms with Gasteiger partial charge in [0.2, 0.25) is 0 Å². The molecular formula is C25H29Cl2N7O4. The molecule has 202 valence electrons. The van der Waals surface area contributed by atoms with Gasteiger partial charge in [0.25, 0.3) is 0 Å². The SMILES string of the molecule is C=CC(O)Nc1cc(C(C)N)ccc1Nc1cc(N(C)C(=O)Nc2c(Cl)c(OC)cc(OC)c2Cl)ncn1. The minimum absolute atomic E-state index is 0.113. The van der Waals surface area contributed by atoms with Crippen molar-refractivity contribution in [3.63, 3.8) is 0 Å². The summed E-state index contributed by atoms with van der Waals surface area (Å²) in [7, 11) is 4.39. The van der Waals surface area contributed by atoms with Gasteiger partial charge in [0.1, 0.15) is 45.7 Å². The third-order valence-electron chi connectivity index (χ3n) is 5.47. The summed E-state index contributed by atoms with van der Waals surface area (Å²) in [5.41, 5.74) is 8.18. The van der Waals surface area contributed by atoms with E-state index in [2.05, 4.69) is 32.5 Å². The molecule has 0 saturated heterocycles. The molecule has 2 atom stereocenters. The summed E-state index contributed by atoms with van der Waals surface area (Å²) in [5.74, 6) is 1.22. The van der Waals surface area contributed by atoms with E-state index in [1.54, 1.807) is 12.1 Å². The Balaban J connectivity index is 1.86. The van der Waals surface area contributed by atoms with Gasteiger partial charge in [-0.3, -0.25) is 4.90 Å². The first-order chi connectivity index (χ1) is 18.1. The lowest BCUT2D eigenvalue weighted by Crippen LogP contribution is -2.32. The summed E-state index contributed by atoms with van der Waals surface area (Å²) in [6, 6.07) is 7.77. The molecule has 0 aliphatic carbocycles. The summed E-state index contributed by atoms with van der Waals surface area (Å²) >= 11 is 12.7. The Labute approximate surface area is 230 Å². The van der Waals surface area contributed by atoms with Crippen LogP contribution in [0.2, 0.25) is 10.0 Å². The minimum atomic E-state index is -0.983. The molecule has 2 aromatic carbocycles. The van der Waals surface area contributed by atoms with Crippen LogP contribution in [0.3, 0.4) is 0 Å². The van der Waals surface area contributed by atoms with Crippen LogP contribution in [-0.4, -0.2) is 48.6 Å². The van der Waals surface area contributed by atoms with Crippen LogP contribution >= 0.6 is 23.2 Å². The topological polar surface area (TPSA) is 147 Å². The van der Waals surface area contributed by atoms with Crippen molar-refractivity contribution < 1.29 is 19.4 Å². The van der Waals surface area contributed by atoms with E-state index in [0.717, 1.165) is 5.56 Å². The number of nitrogens with two attached hydrogens (primary N) is 1. The van der Waals surface area contributed by atoms with Gasteiger partial charge in [0.05, 0.1) is 31.3 Å². The molecule has 3 aromatic rings. The summed E-state index contributed by atoms with van der Waals surface area (Å²) in [6.45, 7) is 5.44. The maximum Gasteiger partial charge on any atom is 0.327 e. The van der Waals surface area contributed by atoms with Crippen LogP contribution in [0, 0.1) is 0 Å². The number of hydrogen-bond acceptors (Lipinski definition) is 9. The Kier molecular flexibility index (Phi) is 9.59. The first-order valence-electron chi connectivity index (χ1n) is 11.3. The van der Waals surface area contributed by atoms with E-state index in [-0.39, 0.29) is 39.1 Å². The second-order valence-electron chi connectivity index (χ2n) is 8.08. The molecule has 11 nitrogen and oxygen atoms in total. The van der Waals surface area contributed by atoms with Crippen molar-refractivity contribution >= 4 is 57.9 Å². The van der Waals surface area contributed by atoms with E-state index in [1.807, 2.05) is 19.1 Å². The van der Waals surface area contributed by atoms with Gasteiger partial charge >= 0.3 is 6.03 Å². The van der Waals surface area contributed by atoms with Crippen molar-refractivity contribution in [2.45, 2.75) is 19.2 Å². The Morgan fingerprint density at radius 2 is 1.79 bits per heavy atom. The van der Waals surface area contributed by atoms with Gasteiger partial charge in [0, 0.05) is 25.2 Å². The van der Waals surface area contributed by atoms with Crippen molar-refractivity contribution in [1.29, 1.82) is 0 Å². The molecule has 3 rings (SSSR count). The molecule has 2 unspecified atom stereocenters. The van der Waals surface area contributed by atoms with Gasteiger partial charge in [-0.15, -0.1) is 0 Å². The number of urea groups is 1. The number of methoxy groups -OCH3 is 2. The van der Waals surface area contributed by atoms with E-state index in [4.69, 9.17) is 38.4 Å². The lowest BCUT2D eigenvalue weighted by atomic mass is 10.1. The predicted octanol–water partition coefficient (Wildman–Crippen LogP) is 5.15. The Morgan fingerprint density at radius 1 is 1.13 bits per heavy atom. The highest BCUT2D eigenvalue weighted by Crippen LogP contribution is 2.44. The van der Waals surface area contributed by atoms with Gasteiger partial charge in [-0.1, -0.05) is 35.8 Å². The molecule has 0 saturated carbocycles. The maximum absolute atomic E-state index is 13.1. The normalized spacial score (nSPS) is 12.2. The van der Waals surface area contributed by atoms with Gasteiger partial charge in [-0.05, 0) is 30.7 Å². The highest BCUT2D eigenvalue weighted by atomic mass is 35.5. The third-order valence-corrected chi connectivity index (χ3v) is 6.22. The number of amides is 2. The van der Waals surface area contributed by atoms with E-state index >= 15 is 0 Å². The lowest BCUT2D eigenvalue weighted by molar-refractivity contribution is 0.253. The van der Waals surface area contributed by atoms with Gasteiger partial charge in [0.15, 0.2) is 0 Å². The van der Waals surface area contributed by atoms with Crippen LogP contribution in [0.1, 0.15) is 18.5 Å². The number of hydrogen-bond donors (Lipinski definition) is 5. The zero-order valence-electron chi connectivity index (χ0n) is 21.3. The number of aromatic nitrogens is 2. The Morgan fingerprint density at radius 3 is 2.37 bits per heavy atom. The molecule has 6 N–H and O–H groups in total. The highest BCUT2D eigenvalue weighted by molar-refractivity contribution is 6.41. The van der Waals surface area contributed by atoms with E-state index < -0.39 is 12.3 Å². The average molecular weight is 562 g/mol. The number of halogens is 2. The number of anilines is 5. The zero-order chi connectivity index (χ0) is 28.0. The molecule has 0 fully saturated rings. The zero-order valence-corrected chi connectivity index (χ0v) is 22.8. The van der Waals surface area contributed by atoms with E-state index in [0.29, 0.717) is 17.2 Å². The smallest absolute Gasteiger partial charge is 0.327 e. The van der Waals surface area contributed by atoms with Crippen LogP contribution in [0.25, 0.3) is 0 Å². The van der Waals surface area contributed by atoms with Crippen LogP contribution in [0.15, 0.2) is 49.3 Å². The molecule has 0 bridgehead atoms. The lowest BCUT2D eigenvalue weighted by Gasteiger charge is -2.21. The minimum Gasteiger partial charge on any atom is -0.495 e. The number of carbonyl (C=O) groups excluding carboxylic acids is 1. The molecule has 13 heteroatoms. The number of aliphatic hydroxyl groups is 1. The van der Waals surface area contributed by atoms with Crippen LogP contribution in [0.4, 0.5) is 33.5 Å². The monoisotopic (exact) mass is 561 g/mol. The molecule has 1 aromatic heterocycles. The van der Waals surface area contributed by atoms with Crippen molar-refractivity contribution in [3.8, 4) is 11.5 Å². The molecule has 2 amide bonds. The highest BCUT2D eigenvalue weighted by Gasteiger charge is 2.22. The number of nitrogens with one attached hydrogen (secondary N) is 3. The van der Waals surface area contributed by atoms with Crippen LogP contribution < -0.4 is 36.1 Å². The number of carbonyl (C=O) groups is 1. The molecule has 0 radical (unpaired) electrons. The quantitative estimate of drug-likeness (QED) is 0.167. The molecule has 0 spiro atoms. The summed E-state index contributed by atoms with van der Waals surface area (Å²) < 4.78 is 10.5.